The van der Waals surface area contributed by atoms with Gasteiger partial charge in [-0.2, -0.15) is 0 Å². The normalized spacial score (nSPS) is 11.5. The van der Waals surface area contributed by atoms with Gasteiger partial charge in [0.25, 0.3) is 0 Å². The fraction of sp³-hybridized carbons (Fsp3) is 0.789. The van der Waals surface area contributed by atoms with Crippen molar-refractivity contribution in [2.45, 2.75) is 90.4 Å². The summed E-state index contributed by atoms with van der Waals surface area (Å²) < 4.78 is 5.81. The Kier molecular flexibility index (Phi) is 15.8. The van der Waals surface area contributed by atoms with Crippen molar-refractivity contribution in [3.05, 3.63) is 10.6 Å². The lowest BCUT2D eigenvalue weighted by atomic mass is 10.1. The second kappa shape index (κ2) is 16.2. The highest BCUT2D eigenvalue weighted by Crippen LogP contribution is 2.18. The van der Waals surface area contributed by atoms with Crippen LogP contribution in [0.25, 0.3) is 0 Å². The third-order valence-electron chi connectivity index (χ3n) is 3.87. The third kappa shape index (κ3) is 16.0. The SMILES string of the molecule is CCCCCCC(=O)CC/C=C(\Br)CCCCCCC(=O)OC. The molecule has 0 rings (SSSR count). The standard InChI is InChI=1S/C19H33BrO3/c1-3-4-5-9-14-18(21)15-11-13-17(20)12-8-6-7-10-16-19(22)23-2/h13H,3-12,14-16H2,1-2H3/b17-13-. The van der Waals surface area contributed by atoms with E-state index >= 15 is 0 Å². The van der Waals surface area contributed by atoms with E-state index in [1.165, 1.54) is 30.9 Å². The van der Waals surface area contributed by atoms with E-state index in [0.717, 1.165) is 51.4 Å². The second-order valence-electron chi connectivity index (χ2n) is 6.03. The first kappa shape index (κ1) is 22.4. The van der Waals surface area contributed by atoms with E-state index < -0.39 is 0 Å². The predicted molar refractivity (Wildman–Crippen MR) is 99.7 cm³/mol. The Balaban J connectivity index is 3.52. The summed E-state index contributed by atoms with van der Waals surface area (Å²) in [7, 11) is 1.43. The number of hydrogen-bond donors (Lipinski definition) is 0. The molecule has 23 heavy (non-hydrogen) atoms. The minimum atomic E-state index is -0.120. The van der Waals surface area contributed by atoms with Crippen LogP contribution in [0.4, 0.5) is 0 Å². The predicted octanol–water partition coefficient (Wildman–Crippen LogP) is 6.10. The van der Waals surface area contributed by atoms with Crippen molar-refractivity contribution in [1.82, 2.24) is 0 Å². The van der Waals surface area contributed by atoms with Crippen molar-refractivity contribution in [1.29, 1.82) is 0 Å². The van der Waals surface area contributed by atoms with E-state index in [2.05, 4.69) is 33.7 Å². The number of rotatable bonds is 15. The summed E-state index contributed by atoms with van der Waals surface area (Å²) in [6.07, 6.45) is 14.8. The molecule has 0 fully saturated rings. The molecule has 0 saturated carbocycles. The molecule has 3 nitrogen and oxygen atoms in total. The monoisotopic (exact) mass is 388 g/mol. The zero-order valence-electron chi connectivity index (χ0n) is 14.9. The highest BCUT2D eigenvalue weighted by atomic mass is 79.9. The van der Waals surface area contributed by atoms with E-state index in [4.69, 9.17) is 0 Å². The molecule has 0 saturated heterocycles. The largest absolute Gasteiger partial charge is 0.469 e. The van der Waals surface area contributed by atoms with Gasteiger partial charge in [-0.05, 0) is 36.6 Å². The second-order valence-corrected chi connectivity index (χ2v) is 7.05. The van der Waals surface area contributed by atoms with Crippen LogP contribution in [0.1, 0.15) is 90.4 Å². The average molecular weight is 389 g/mol. The summed E-state index contributed by atoms with van der Waals surface area (Å²) in [5, 5.41) is 0. The molecule has 4 heteroatoms. The van der Waals surface area contributed by atoms with E-state index in [0.29, 0.717) is 18.6 Å². The van der Waals surface area contributed by atoms with Gasteiger partial charge in [0, 0.05) is 19.3 Å². The Morgan fingerprint density at radius 1 is 0.870 bits per heavy atom. The number of carbonyl (C=O) groups excluding carboxylic acids is 2. The average Bonchev–Trinajstić information content (AvgIpc) is 2.54. The highest BCUT2D eigenvalue weighted by Gasteiger charge is 2.02. The molecule has 0 aromatic heterocycles. The van der Waals surface area contributed by atoms with Crippen molar-refractivity contribution < 1.29 is 14.3 Å². The zero-order valence-corrected chi connectivity index (χ0v) is 16.5. The quantitative estimate of drug-likeness (QED) is 0.251. The molecule has 0 aliphatic carbocycles. The molecule has 0 atom stereocenters. The maximum absolute atomic E-state index is 11.7. The van der Waals surface area contributed by atoms with E-state index in [-0.39, 0.29) is 5.97 Å². The van der Waals surface area contributed by atoms with Gasteiger partial charge >= 0.3 is 5.97 Å². The lowest BCUT2D eigenvalue weighted by Crippen LogP contribution is -1.99. The molecule has 0 aliphatic rings. The minimum Gasteiger partial charge on any atom is -0.469 e. The van der Waals surface area contributed by atoms with E-state index in [9.17, 15) is 9.59 Å². The number of ketones is 1. The molecule has 0 radical (unpaired) electrons. The Hall–Kier alpha value is -0.640. The number of unbranched alkanes of at least 4 members (excludes halogenated alkanes) is 6. The summed E-state index contributed by atoms with van der Waals surface area (Å²) >= 11 is 3.58. The van der Waals surface area contributed by atoms with Crippen LogP contribution in [0, 0.1) is 0 Å². The summed E-state index contributed by atoms with van der Waals surface area (Å²) in [5.41, 5.74) is 0. The molecule has 0 aliphatic heterocycles. The molecule has 0 amide bonds. The fourth-order valence-electron chi connectivity index (χ4n) is 2.38. The summed E-state index contributed by atoms with van der Waals surface area (Å²) in [5.74, 6) is 0.269. The van der Waals surface area contributed by atoms with Crippen LogP contribution in [0.15, 0.2) is 10.6 Å². The molecule has 134 valence electrons. The molecule has 0 aromatic carbocycles. The van der Waals surface area contributed by atoms with Crippen molar-refractivity contribution in [3.8, 4) is 0 Å². The van der Waals surface area contributed by atoms with Crippen molar-refractivity contribution >= 4 is 27.7 Å². The molecule has 0 spiro atoms. The molecular formula is C19H33BrO3. The first-order valence-corrected chi connectivity index (χ1v) is 9.82. The van der Waals surface area contributed by atoms with E-state index in [1.807, 2.05) is 0 Å². The smallest absolute Gasteiger partial charge is 0.305 e. The summed E-state index contributed by atoms with van der Waals surface area (Å²) in [4.78, 5) is 22.7. The van der Waals surface area contributed by atoms with Crippen molar-refractivity contribution in [2.24, 2.45) is 0 Å². The summed E-state index contributed by atoms with van der Waals surface area (Å²) in [6, 6.07) is 0. The van der Waals surface area contributed by atoms with Gasteiger partial charge < -0.3 is 4.74 Å². The maximum Gasteiger partial charge on any atom is 0.305 e. The number of hydrogen-bond acceptors (Lipinski definition) is 3. The maximum atomic E-state index is 11.7. The van der Waals surface area contributed by atoms with Crippen molar-refractivity contribution in [3.63, 3.8) is 0 Å². The molecule has 0 unspecified atom stereocenters. The first-order chi connectivity index (χ1) is 11.1. The van der Waals surface area contributed by atoms with Gasteiger partial charge in [-0.1, -0.05) is 61.0 Å². The lowest BCUT2D eigenvalue weighted by Gasteiger charge is -2.02. The molecule has 0 N–H and O–H groups in total. The highest BCUT2D eigenvalue weighted by molar-refractivity contribution is 9.11. The van der Waals surface area contributed by atoms with Crippen molar-refractivity contribution in [2.75, 3.05) is 7.11 Å². The number of Topliss-reactive ketones (excluding diaryl/α,β-unsaturated/α-hetero) is 1. The Morgan fingerprint density at radius 2 is 1.48 bits per heavy atom. The van der Waals surface area contributed by atoms with Gasteiger partial charge in [-0.3, -0.25) is 9.59 Å². The van der Waals surface area contributed by atoms with Gasteiger partial charge in [0.1, 0.15) is 5.78 Å². The van der Waals surface area contributed by atoms with Crippen LogP contribution in [-0.4, -0.2) is 18.9 Å². The van der Waals surface area contributed by atoms with Gasteiger partial charge in [-0.25, -0.2) is 0 Å². The number of esters is 1. The van der Waals surface area contributed by atoms with Gasteiger partial charge in [0.2, 0.25) is 0 Å². The summed E-state index contributed by atoms with van der Waals surface area (Å²) in [6.45, 7) is 2.18. The third-order valence-corrected chi connectivity index (χ3v) is 4.59. The fourth-order valence-corrected chi connectivity index (χ4v) is 2.89. The van der Waals surface area contributed by atoms with E-state index in [1.54, 1.807) is 0 Å². The minimum absolute atomic E-state index is 0.120. The Morgan fingerprint density at radius 3 is 2.13 bits per heavy atom. The molecule has 0 bridgehead atoms. The van der Waals surface area contributed by atoms with Crippen LogP contribution in [0.3, 0.4) is 0 Å². The van der Waals surface area contributed by atoms with Crippen LogP contribution in [0.2, 0.25) is 0 Å². The zero-order chi connectivity index (χ0) is 17.3. The number of methoxy groups -OCH3 is 1. The number of allylic oxidation sites excluding steroid dienone is 2. The van der Waals surface area contributed by atoms with Crippen LogP contribution in [-0.2, 0) is 14.3 Å². The van der Waals surface area contributed by atoms with Gasteiger partial charge in [0.15, 0.2) is 0 Å². The lowest BCUT2D eigenvalue weighted by molar-refractivity contribution is -0.140. The first-order valence-electron chi connectivity index (χ1n) is 9.03. The number of carbonyl (C=O) groups is 2. The van der Waals surface area contributed by atoms with Crippen LogP contribution in [0.5, 0.6) is 0 Å². The topological polar surface area (TPSA) is 43.4 Å². The Bertz CT molecular complexity index is 351. The van der Waals surface area contributed by atoms with Crippen LogP contribution < -0.4 is 0 Å². The number of ether oxygens (including phenoxy) is 1. The number of halogens is 1. The molecular weight excluding hydrogens is 356 g/mol. The molecule has 0 aromatic rings. The van der Waals surface area contributed by atoms with Crippen LogP contribution >= 0.6 is 15.9 Å². The van der Waals surface area contributed by atoms with Gasteiger partial charge in [0.05, 0.1) is 7.11 Å². The van der Waals surface area contributed by atoms with Gasteiger partial charge in [-0.15, -0.1) is 0 Å². The molecule has 0 heterocycles. The Labute approximate surface area is 150 Å².